The van der Waals surface area contributed by atoms with Crippen LogP contribution >= 0.6 is 27.3 Å². The fourth-order valence-corrected chi connectivity index (χ4v) is 3.41. The molecule has 0 radical (unpaired) electrons. The van der Waals surface area contributed by atoms with Crippen LogP contribution in [0.25, 0.3) is 0 Å². The lowest BCUT2D eigenvalue weighted by Gasteiger charge is -2.28. The quantitative estimate of drug-likeness (QED) is 0.917. The summed E-state index contributed by atoms with van der Waals surface area (Å²) < 4.78 is 1.18. The van der Waals surface area contributed by atoms with Crippen LogP contribution in [0.4, 0.5) is 0 Å². The minimum absolute atomic E-state index is 0.427. The molecule has 2 atom stereocenters. The first kappa shape index (κ1) is 12.2. The van der Waals surface area contributed by atoms with Crippen LogP contribution < -0.4 is 5.73 Å². The van der Waals surface area contributed by atoms with E-state index in [0.29, 0.717) is 12.0 Å². The van der Waals surface area contributed by atoms with Crippen molar-refractivity contribution < 1.29 is 0 Å². The number of nitrogens with two attached hydrogens (primary N) is 1. The maximum Gasteiger partial charge on any atom is 0.0701 e. The van der Waals surface area contributed by atoms with Crippen molar-refractivity contribution in [3.63, 3.8) is 0 Å². The molecule has 0 amide bonds. The van der Waals surface area contributed by atoms with E-state index in [1.54, 1.807) is 11.3 Å². The highest BCUT2D eigenvalue weighted by atomic mass is 79.9. The molecule has 0 bridgehead atoms. The third-order valence-corrected chi connectivity index (χ3v) is 4.05. The van der Waals surface area contributed by atoms with Gasteiger partial charge < -0.3 is 10.6 Å². The molecule has 0 aliphatic heterocycles. The molecule has 2 nitrogen and oxygen atoms in total. The number of hydrogen-bond acceptors (Lipinski definition) is 3. The second-order valence-electron chi connectivity index (χ2n) is 3.76. The lowest BCUT2D eigenvalue weighted by Crippen LogP contribution is -2.29. The minimum Gasteiger partial charge on any atom is -0.330 e. The molecular weight excluding hydrogens is 260 g/mol. The zero-order valence-corrected chi connectivity index (χ0v) is 11.2. The minimum atomic E-state index is 0.427. The van der Waals surface area contributed by atoms with Gasteiger partial charge >= 0.3 is 0 Å². The van der Waals surface area contributed by atoms with Gasteiger partial charge in [-0.3, -0.25) is 0 Å². The summed E-state index contributed by atoms with van der Waals surface area (Å²) in [6.45, 7) is 2.91. The Kier molecular flexibility index (Phi) is 4.57. The van der Waals surface area contributed by atoms with Crippen LogP contribution in [0.15, 0.2) is 15.9 Å². The molecule has 14 heavy (non-hydrogen) atoms. The molecule has 0 aliphatic rings. The van der Waals surface area contributed by atoms with Gasteiger partial charge in [0.25, 0.3) is 0 Å². The van der Waals surface area contributed by atoms with Crippen molar-refractivity contribution in [2.24, 2.45) is 11.7 Å². The molecule has 2 N–H and O–H groups in total. The fourth-order valence-electron chi connectivity index (χ4n) is 1.66. The van der Waals surface area contributed by atoms with Gasteiger partial charge in [0, 0.05) is 10.9 Å². The smallest absolute Gasteiger partial charge is 0.0701 e. The van der Waals surface area contributed by atoms with Gasteiger partial charge in [-0.05, 0) is 54.6 Å². The molecule has 0 fully saturated rings. The average Bonchev–Trinajstić information content (AvgIpc) is 2.51. The average molecular weight is 277 g/mol. The number of rotatable bonds is 4. The molecule has 0 aliphatic carbocycles. The monoisotopic (exact) mass is 276 g/mol. The van der Waals surface area contributed by atoms with E-state index in [4.69, 9.17) is 5.73 Å². The van der Waals surface area contributed by atoms with E-state index in [2.05, 4.69) is 54.0 Å². The number of nitrogens with zero attached hydrogens (tertiary/aromatic N) is 1. The second kappa shape index (κ2) is 5.26. The molecule has 1 aromatic heterocycles. The van der Waals surface area contributed by atoms with E-state index in [-0.39, 0.29) is 0 Å². The third-order valence-electron chi connectivity index (χ3n) is 2.35. The predicted octanol–water partition coefficient (Wildman–Crippen LogP) is 2.71. The summed E-state index contributed by atoms with van der Waals surface area (Å²) in [5, 5.41) is 0. The Morgan fingerprint density at radius 3 is 2.50 bits per heavy atom. The highest BCUT2D eigenvalue weighted by Gasteiger charge is 2.21. The maximum absolute atomic E-state index is 5.72. The van der Waals surface area contributed by atoms with E-state index < -0.39 is 0 Å². The van der Waals surface area contributed by atoms with Crippen molar-refractivity contribution in [2.75, 3.05) is 20.6 Å². The Balaban J connectivity index is 2.88. The van der Waals surface area contributed by atoms with Gasteiger partial charge in [0.1, 0.15) is 0 Å². The van der Waals surface area contributed by atoms with Crippen LogP contribution in [0.3, 0.4) is 0 Å². The summed E-state index contributed by atoms with van der Waals surface area (Å²) in [7, 11) is 4.20. The van der Waals surface area contributed by atoms with Crippen molar-refractivity contribution in [3.05, 3.63) is 20.8 Å². The number of thiophene rings is 1. The van der Waals surface area contributed by atoms with Crippen LogP contribution in [-0.2, 0) is 0 Å². The molecule has 4 heteroatoms. The lowest BCUT2D eigenvalue weighted by atomic mass is 10.00. The molecule has 1 rings (SSSR count). The Hall–Kier alpha value is 0.1000. The normalized spacial score (nSPS) is 15.9. The van der Waals surface area contributed by atoms with E-state index in [1.807, 2.05) is 0 Å². The molecule has 80 valence electrons. The molecule has 0 aromatic carbocycles. The zero-order chi connectivity index (χ0) is 10.7. The van der Waals surface area contributed by atoms with E-state index >= 15 is 0 Å². The summed E-state index contributed by atoms with van der Waals surface area (Å²) in [4.78, 5) is 3.61. The van der Waals surface area contributed by atoms with Crippen molar-refractivity contribution in [2.45, 2.75) is 13.0 Å². The number of hydrogen-bond donors (Lipinski definition) is 1. The topological polar surface area (TPSA) is 29.3 Å². The summed E-state index contributed by atoms with van der Waals surface area (Å²) >= 11 is 5.28. The SMILES string of the molecule is CC(CN)C(c1ccc(Br)s1)N(C)C. The first-order valence-electron chi connectivity index (χ1n) is 4.68. The van der Waals surface area contributed by atoms with Crippen LogP contribution in [0.2, 0.25) is 0 Å². The number of halogens is 1. The summed E-state index contributed by atoms with van der Waals surface area (Å²) in [6.07, 6.45) is 0. The van der Waals surface area contributed by atoms with Crippen LogP contribution in [0.1, 0.15) is 17.8 Å². The van der Waals surface area contributed by atoms with Gasteiger partial charge in [0.15, 0.2) is 0 Å². The highest BCUT2D eigenvalue weighted by molar-refractivity contribution is 9.11. The molecule has 0 saturated heterocycles. The van der Waals surface area contributed by atoms with Crippen molar-refractivity contribution in [3.8, 4) is 0 Å². The molecule has 1 aromatic rings. The largest absolute Gasteiger partial charge is 0.330 e. The highest BCUT2D eigenvalue weighted by Crippen LogP contribution is 2.33. The molecule has 0 saturated carbocycles. The van der Waals surface area contributed by atoms with Crippen LogP contribution in [-0.4, -0.2) is 25.5 Å². The first-order chi connectivity index (χ1) is 6.56. The molecular formula is C10H17BrN2S. The van der Waals surface area contributed by atoms with Crippen molar-refractivity contribution >= 4 is 27.3 Å². The third kappa shape index (κ3) is 2.79. The van der Waals surface area contributed by atoms with E-state index in [0.717, 1.165) is 6.54 Å². The molecule has 0 spiro atoms. The maximum atomic E-state index is 5.72. The Morgan fingerprint density at radius 2 is 2.14 bits per heavy atom. The van der Waals surface area contributed by atoms with Crippen molar-refractivity contribution in [1.82, 2.24) is 4.90 Å². The second-order valence-corrected chi connectivity index (χ2v) is 6.26. The Labute approximate surface area is 98.2 Å². The van der Waals surface area contributed by atoms with Gasteiger partial charge in [0.05, 0.1) is 3.79 Å². The summed E-state index contributed by atoms with van der Waals surface area (Å²) in [5.41, 5.74) is 5.72. The van der Waals surface area contributed by atoms with Crippen LogP contribution in [0.5, 0.6) is 0 Å². The van der Waals surface area contributed by atoms with Gasteiger partial charge in [-0.25, -0.2) is 0 Å². The van der Waals surface area contributed by atoms with Gasteiger partial charge in [-0.1, -0.05) is 6.92 Å². The fraction of sp³-hybridized carbons (Fsp3) is 0.600. The van der Waals surface area contributed by atoms with Crippen molar-refractivity contribution in [1.29, 1.82) is 0 Å². The van der Waals surface area contributed by atoms with E-state index in [9.17, 15) is 0 Å². The van der Waals surface area contributed by atoms with E-state index in [1.165, 1.54) is 8.66 Å². The molecule has 2 unspecified atom stereocenters. The summed E-state index contributed by atoms with van der Waals surface area (Å²) in [5.74, 6) is 0.482. The van der Waals surface area contributed by atoms with Gasteiger partial charge in [-0.15, -0.1) is 11.3 Å². The standard InChI is InChI=1S/C10H17BrN2S/c1-7(6-12)10(13(2)3)8-4-5-9(11)14-8/h4-5,7,10H,6,12H2,1-3H3. The van der Waals surface area contributed by atoms with Gasteiger partial charge in [0.2, 0.25) is 0 Å². The van der Waals surface area contributed by atoms with Gasteiger partial charge in [-0.2, -0.15) is 0 Å². The Morgan fingerprint density at radius 1 is 1.50 bits per heavy atom. The lowest BCUT2D eigenvalue weighted by molar-refractivity contribution is 0.231. The zero-order valence-electron chi connectivity index (χ0n) is 8.83. The summed E-state index contributed by atoms with van der Waals surface area (Å²) in [6, 6.07) is 4.70. The molecule has 1 heterocycles. The predicted molar refractivity (Wildman–Crippen MR) is 66.7 cm³/mol. The van der Waals surface area contributed by atoms with Crippen LogP contribution in [0, 0.1) is 5.92 Å². The first-order valence-corrected chi connectivity index (χ1v) is 6.29. The Bertz CT molecular complexity index is 285.